The molecular formula is C12H12N4O3. The highest BCUT2D eigenvalue weighted by Gasteiger charge is 2.12. The van der Waals surface area contributed by atoms with Crippen molar-refractivity contribution < 1.29 is 14.6 Å². The van der Waals surface area contributed by atoms with E-state index < -0.39 is 5.97 Å². The second kappa shape index (κ2) is 5.30. The minimum absolute atomic E-state index is 0.102. The van der Waals surface area contributed by atoms with Gasteiger partial charge in [-0.05, 0) is 19.1 Å². The molecule has 7 nitrogen and oxygen atoms in total. The van der Waals surface area contributed by atoms with E-state index in [1.807, 2.05) is 6.92 Å². The summed E-state index contributed by atoms with van der Waals surface area (Å²) in [7, 11) is 0. The van der Waals surface area contributed by atoms with Crippen molar-refractivity contribution in [3.63, 3.8) is 0 Å². The number of carboxylic acids is 1. The lowest BCUT2D eigenvalue weighted by atomic mass is 10.2. The fraction of sp³-hybridized carbons (Fsp3) is 0.167. The molecular weight excluding hydrogens is 248 g/mol. The Morgan fingerprint density at radius 2 is 2.11 bits per heavy atom. The van der Waals surface area contributed by atoms with Crippen LogP contribution < -0.4 is 10.5 Å². The maximum Gasteiger partial charge on any atom is 0.356 e. The summed E-state index contributed by atoms with van der Waals surface area (Å²) in [4.78, 5) is 23.1. The molecule has 2 aromatic rings. The minimum Gasteiger partial charge on any atom is -0.477 e. The molecule has 3 N–H and O–H groups in total. The molecule has 0 aliphatic rings. The fourth-order valence-electron chi connectivity index (χ4n) is 1.47. The summed E-state index contributed by atoms with van der Waals surface area (Å²) in [5.74, 6) is -0.830. The second-order valence-electron chi connectivity index (χ2n) is 3.62. The maximum absolute atomic E-state index is 11.0. The van der Waals surface area contributed by atoms with E-state index in [4.69, 9.17) is 15.6 Å². The number of nitrogens with zero attached hydrogens (tertiary/aromatic N) is 3. The molecule has 0 bridgehead atoms. The summed E-state index contributed by atoms with van der Waals surface area (Å²) in [5.41, 5.74) is 6.24. The van der Waals surface area contributed by atoms with Gasteiger partial charge in [0.15, 0.2) is 5.69 Å². The van der Waals surface area contributed by atoms with Crippen molar-refractivity contribution in [3.8, 4) is 17.3 Å². The zero-order valence-corrected chi connectivity index (χ0v) is 10.2. The van der Waals surface area contributed by atoms with Crippen molar-refractivity contribution in [2.75, 3.05) is 12.3 Å². The molecule has 0 amide bonds. The van der Waals surface area contributed by atoms with Gasteiger partial charge in [-0.3, -0.25) is 4.98 Å². The fourth-order valence-corrected chi connectivity index (χ4v) is 1.47. The molecule has 19 heavy (non-hydrogen) atoms. The summed E-state index contributed by atoms with van der Waals surface area (Å²) in [5, 5.41) is 8.97. The van der Waals surface area contributed by atoms with Gasteiger partial charge < -0.3 is 15.6 Å². The second-order valence-corrected chi connectivity index (χ2v) is 3.62. The van der Waals surface area contributed by atoms with Crippen LogP contribution in [0, 0.1) is 0 Å². The molecule has 7 heteroatoms. The summed E-state index contributed by atoms with van der Waals surface area (Å²) in [6.07, 6.45) is 2.95. The molecule has 2 aromatic heterocycles. The quantitative estimate of drug-likeness (QED) is 0.849. The third kappa shape index (κ3) is 2.76. The highest BCUT2D eigenvalue weighted by Crippen LogP contribution is 2.19. The van der Waals surface area contributed by atoms with Gasteiger partial charge in [0.1, 0.15) is 5.69 Å². The largest absolute Gasteiger partial charge is 0.477 e. The number of nitrogens with two attached hydrogens (primary N) is 1. The van der Waals surface area contributed by atoms with Crippen LogP contribution in [0.25, 0.3) is 11.4 Å². The topological polar surface area (TPSA) is 111 Å². The standard InChI is InChI=1S/C12H12N4O3/c1-2-19-10-6-14-5-9(15-10)8-4-3-7(13)11(16-8)12(17)18/h3-6H,2,13H2,1H3,(H,17,18). The van der Waals surface area contributed by atoms with Crippen molar-refractivity contribution in [1.29, 1.82) is 0 Å². The van der Waals surface area contributed by atoms with E-state index >= 15 is 0 Å². The number of carbonyl (C=O) groups is 1. The van der Waals surface area contributed by atoms with Crippen molar-refractivity contribution in [3.05, 3.63) is 30.2 Å². The van der Waals surface area contributed by atoms with E-state index in [0.29, 0.717) is 23.9 Å². The van der Waals surface area contributed by atoms with Crippen LogP contribution in [0.3, 0.4) is 0 Å². The summed E-state index contributed by atoms with van der Waals surface area (Å²) in [6.45, 7) is 2.30. The monoisotopic (exact) mass is 260 g/mol. The average molecular weight is 260 g/mol. The molecule has 98 valence electrons. The molecule has 0 unspecified atom stereocenters. The van der Waals surface area contributed by atoms with Gasteiger partial charge in [0, 0.05) is 0 Å². The number of hydrogen-bond donors (Lipinski definition) is 2. The van der Waals surface area contributed by atoms with Crippen LogP contribution in [0.4, 0.5) is 5.69 Å². The predicted molar refractivity (Wildman–Crippen MR) is 67.8 cm³/mol. The first-order chi connectivity index (χ1) is 9.11. The minimum atomic E-state index is -1.19. The number of pyridine rings is 1. The van der Waals surface area contributed by atoms with E-state index in [-0.39, 0.29) is 11.4 Å². The molecule has 0 atom stereocenters. The molecule has 0 radical (unpaired) electrons. The van der Waals surface area contributed by atoms with Crippen molar-refractivity contribution >= 4 is 11.7 Å². The van der Waals surface area contributed by atoms with E-state index in [0.717, 1.165) is 0 Å². The van der Waals surface area contributed by atoms with Crippen molar-refractivity contribution in [2.45, 2.75) is 6.92 Å². The third-order valence-electron chi connectivity index (χ3n) is 2.30. The Morgan fingerprint density at radius 1 is 1.32 bits per heavy atom. The van der Waals surface area contributed by atoms with E-state index in [1.165, 1.54) is 18.5 Å². The van der Waals surface area contributed by atoms with Gasteiger partial charge in [0.2, 0.25) is 5.88 Å². The number of aromatic nitrogens is 3. The lowest BCUT2D eigenvalue weighted by molar-refractivity contribution is 0.0692. The number of aromatic carboxylic acids is 1. The molecule has 0 aromatic carbocycles. The summed E-state index contributed by atoms with van der Waals surface area (Å²) < 4.78 is 5.23. The molecule has 0 saturated heterocycles. The molecule has 0 fully saturated rings. The molecule has 0 aliphatic carbocycles. The number of hydrogen-bond acceptors (Lipinski definition) is 6. The first-order valence-corrected chi connectivity index (χ1v) is 5.57. The van der Waals surface area contributed by atoms with E-state index in [2.05, 4.69) is 15.0 Å². The number of nitrogen functional groups attached to an aromatic ring is 1. The first kappa shape index (κ1) is 12.7. The normalized spacial score (nSPS) is 10.2. The van der Waals surface area contributed by atoms with Gasteiger partial charge in [0.25, 0.3) is 0 Å². The van der Waals surface area contributed by atoms with Gasteiger partial charge in [-0.15, -0.1) is 0 Å². The molecule has 0 aliphatic heterocycles. The van der Waals surface area contributed by atoms with Crippen molar-refractivity contribution in [2.24, 2.45) is 0 Å². The van der Waals surface area contributed by atoms with Crippen LogP contribution in [0.1, 0.15) is 17.4 Å². The Kier molecular flexibility index (Phi) is 3.56. The summed E-state index contributed by atoms with van der Waals surface area (Å²) >= 11 is 0. The number of rotatable bonds is 4. The Hall–Kier alpha value is -2.70. The zero-order valence-electron chi connectivity index (χ0n) is 10.2. The smallest absolute Gasteiger partial charge is 0.356 e. The van der Waals surface area contributed by atoms with Gasteiger partial charge in [0.05, 0.1) is 30.4 Å². The van der Waals surface area contributed by atoms with Gasteiger partial charge in [-0.1, -0.05) is 0 Å². The lowest BCUT2D eigenvalue weighted by Crippen LogP contribution is -2.06. The predicted octanol–water partition coefficient (Wildman–Crippen LogP) is 1.22. The van der Waals surface area contributed by atoms with Gasteiger partial charge in [-0.2, -0.15) is 0 Å². The van der Waals surface area contributed by atoms with E-state index in [1.54, 1.807) is 6.07 Å². The Bertz CT molecular complexity index is 616. The van der Waals surface area contributed by atoms with E-state index in [9.17, 15) is 4.79 Å². The number of anilines is 1. The summed E-state index contributed by atoms with van der Waals surface area (Å²) in [6, 6.07) is 3.06. The molecule has 2 rings (SSSR count). The van der Waals surface area contributed by atoms with Gasteiger partial charge >= 0.3 is 5.97 Å². The van der Waals surface area contributed by atoms with Crippen LogP contribution in [0.2, 0.25) is 0 Å². The molecule has 2 heterocycles. The third-order valence-corrected chi connectivity index (χ3v) is 2.30. The Morgan fingerprint density at radius 3 is 2.79 bits per heavy atom. The Balaban J connectivity index is 2.44. The number of carboxylic acid groups (broad SMARTS) is 1. The van der Waals surface area contributed by atoms with Crippen LogP contribution >= 0.6 is 0 Å². The first-order valence-electron chi connectivity index (χ1n) is 5.57. The maximum atomic E-state index is 11.0. The van der Waals surface area contributed by atoms with Crippen LogP contribution in [-0.4, -0.2) is 32.6 Å². The average Bonchev–Trinajstić information content (AvgIpc) is 2.39. The van der Waals surface area contributed by atoms with Gasteiger partial charge in [-0.25, -0.2) is 14.8 Å². The van der Waals surface area contributed by atoms with Crippen LogP contribution in [-0.2, 0) is 0 Å². The Labute approximate surface area is 109 Å². The van der Waals surface area contributed by atoms with Crippen LogP contribution in [0.5, 0.6) is 5.88 Å². The zero-order chi connectivity index (χ0) is 13.8. The number of ether oxygens (including phenoxy) is 1. The molecule has 0 spiro atoms. The highest BCUT2D eigenvalue weighted by molar-refractivity contribution is 5.91. The lowest BCUT2D eigenvalue weighted by Gasteiger charge is -2.06. The van der Waals surface area contributed by atoms with Crippen molar-refractivity contribution in [1.82, 2.24) is 15.0 Å². The molecule has 0 saturated carbocycles. The SMILES string of the molecule is CCOc1cncc(-c2ccc(N)c(C(=O)O)n2)n1. The van der Waals surface area contributed by atoms with Crippen LogP contribution in [0.15, 0.2) is 24.5 Å². The highest BCUT2D eigenvalue weighted by atomic mass is 16.5.